The van der Waals surface area contributed by atoms with Gasteiger partial charge in [-0.3, -0.25) is 4.79 Å². The highest BCUT2D eigenvalue weighted by molar-refractivity contribution is 6.30. The fourth-order valence-electron chi connectivity index (χ4n) is 3.25. The Bertz CT molecular complexity index is 1040. The van der Waals surface area contributed by atoms with Crippen LogP contribution >= 0.6 is 11.6 Å². The van der Waals surface area contributed by atoms with Gasteiger partial charge in [-0.15, -0.1) is 0 Å². The summed E-state index contributed by atoms with van der Waals surface area (Å²) >= 11 is 5.97. The summed E-state index contributed by atoms with van der Waals surface area (Å²) < 4.78 is 11.6. The SMILES string of the molecule is COc1cccc(CNc2cccc(NC(=O)CC(C)C)c2)c1OCc1ccc(Cl)cc1. The topological polar surface area (TPSA) is 59.6 Å². The van der Waals surface area contributed by atoms with Crippen LogP contribution in [0.5, 0.6) is 11.5 Å². The smallest absolute Gasteiger partial charge is 0.224 e. The van der Waals surface area contributed by atoms with Crippen LogP contribution in [0.15, 0.2) is 66.7 Å². The van der Waals surface area contributed by atoms with E-state index in [9.17, 15) is 4.79 Å². The molecule has 168 valence electrons. The van der Waals surface area contributed by atoms with Crippen LogP contribution in [-0.2, 0) is 17.9 Å². The lowest BCUT2D eigenvalue weighted by Crippen LogP contribution is -2.14. The molecule has 0 atom stereocenters. The molecule has 5 nitrogen and oxygen atoms in total. The van der Waals surface area contributed by atoms with Crippen molar-refractivity contribution in [3.63, 3.8) is 0 Å². The standard InChI is InChI=1S/C26H29ClN2O3/c1-18(2)14-25(30)29-23-8-5-7-22(15-23)28-16-20-6-4-9-24(31-3)26(20)32-17-19-10-12-21(27)13-11-19/h4-13,15,18,28H,14,16-17H2,1-3H3,(H,29,30). The molecule has 0 saturated heterocycles. The van der Waals surface area contributed by atoms with E-state index in [2.05, 4.69) is 10.6 Å². The van der Waals surface area contributed by atoms with Crippen LogP contribution in [0, 0.1) is 5.92 Å². The minimum Gasteiger partial charge on any atom is -0.493 e. The molecule has 0 aliphatic carbocycles. The molecule has 0 heterocycles. The molecular weight excluding hydrogens is 424 g/mol. The summed E-state index contributed by atoms with van der Waals surface area (Å²) in [5.74, 6) is 1.70. The number of carbonyl (C=O) groups excluding carboxylic acids is 1. The van der Waals surface area contributed by atoms with Gasteiger partial charge in [-0.05, 0) is 47.9 Å². The van der Waals surface area contributed by atoms with Gasteiger partial charge in [0.2, 0.25) is 5.91 Å². The minimum absolute atomic E-state index is 0.0165. The van der Waals surface area contributed by atoms with Crippen molar-refractivity contribution in [2.75, 3.05) is 17.7 Å². The van der Waals surface area contributed by atoms with Crippen LogP contribution in [0.3, 0.4) is 0 Å². The van der Waals surface area contributed by atoms with Gasteiger partial charge in [0.05, 0.1) is 7.11 Å². The highest BCUT2D eigenvalue weighted by atomic mass is 35.5. The fourth-order valence-corrected chi connectivity index (χ4v) is 3.37. The summed E-state index contributed by atoms with van der Waals surface area (Å²) in [4.78, 5) is 12.1. The Morgan fingerprint density at radius 2 is 1.72 bits per heavy atom. The second-order valence-corrected chi connectivity index (χ2v) is 8.38. The van der Waals surface area contributed by atoms with E-state index in [-0.39, 0.29) is 5.91 Å². The average Bonchev–Trinajstić information content (AvgIpc) is 2.77. The minimum atomic E-state index is 0.0165. The molecule has 0 aliphatic heterocycles. The van der Waals surface area contributed by atoms with Gasteiger partial charge < -0.3 is 20.1 Å². The predicted octanol–water partition coefficient (Wildman–Crippen LogP) is 6.52. The average molecular weight is 453 g/mol. The molecule has 0 spiro atoms. The van der Waals surface area contributed by atoms with Crippen LogP contribution in [-0.4, -0.2) is 13.0 Å². The molecule has 3 aromatic carbocycles. The summed E-state index contributed by atoms with van der Waals surface area (Å²) in [7, 11) is 1.63. The zero-order valence-electron chi connectivity index (χ0n) is 18.7. The zero-order valence-corrected chi connectivity index (χ0v) is 19.4. The molecule has 2 N–H and O–H groups in total. The number of hydrogen-bond acceptors (Lipinski definition) is 4. The summed E-state index contributed by atoms with van der Waals surface area (Å²) in [5, 5.41) is 7.05. The molecule has 32 heavy (non-hydrogen) atoms. The van der Waals surface area contributed by atoms with E-state index >= 15 is 0 Å². The van der Waals surface area contributed by atoms with Crippen LogP contribution in [0.4, 0.5) is 11.4 Å². The van der Waals surface area contributed by atoms with Crippen LogP contribution in [0.2, 0.25) is 5.02 Å². The summed E-state index contributed by atoms with van der Waals surface area (Å²) in [6, 6.07) is 21.1. The molecule has 3 rings (SSSR count). The Morgan fingerprint density at radius 1 is 1.00 bits per heavy atom. The third kappa shape index (κ3) is 6.92. The largest absolute Gasteiger partial charge is 0.493 e. The first-order valence-electron chi connectivity index (χ1n) is 10.6. The number of methoxy groups -OCH3 is 1. The number of anilines is 2. The molecular formula is C26H29ClN2O3. The maximum absolute atomic E-state index is 12.1. The van der Waals surface area contributed by atoms with Crippen molar-refractivity contribution in [2.24, 2.45) is 5.92 Å². The summed E-state index contributed by atoms with van der Waals surface area (Å²) in [6.45, 7) is 5.00. The lowest BCUT2D eigenvalue weighted by molar-refractivity contribution is -0.116. The molecule has 0 saturated carbocycles. The van der Waals surface area contributed by atoms with Crippen molar-refractivity contribution < 1.29 is 14.3 Å². The lowest BCUT2D eigenvalue weighted by Gasteiger charge is -2.16. The molecule has 1 amide bonds. The van der Waals surface area contributed by atoms with Gasteiger partial charge in [0.15, 0.2) is 11.5 Å². The van der Waals surface area contributed by atoms with Crippen LogP contribution < -0.4 is 20.1 Å². The van der Waals surface area contributed by atoms with E-state index in [1.54, 1.807) is 7.11 Å². The predicted molar refractivity (Wildman–Crippen MR) is 131 cm³/mol. The van der Waals surface area contributed by atoms with Gasteiger partial charge >= 0.3 is 0 Å². The van der Waals surface area contributed by atoms with E-state index in [0.29, 0.717) is 42.0 Å². The molecule has 0 radical (unpaired) electrons. The molecule has 0 unspecified atom stereocenters. The van der Waals surface area contributed by atoms with E-state index < -0.39 is 0 Å². The van der Waals surface area contributed by atoms with Gasteiger partial charge in [0.25, 0.3) is 0 Å². The highest BCUT2D eigenvalue weighted by Gasteiger charge is 2.12. The summed E-state index contributed by atoms with van der Waals surface area (Å²) in [6.07, 6.45) is 0.496. The van der Waals surface area contributed by atoms with Gasteiger partial charge in [0, 0.05) is 34.9 Å². The van der Waals surface area contributed by atoms with Gasteiger partial charge in [0.1, 0.15) is 6.61 Å². The third-order valence-electron chi connectivity index (χ3n) is 4.80. The van der Waals surface area contributed by atoms with E-state index in [0.717, 1.165) is 22.5 Å². The number of para-hydroxylation sites is 1. The van der Waals surface area contributed by atoms with Crippen molar-refractivity contribution in [2.45, 2.75) is 33.4 Å². The monoisotopic (exact) mass is 452 g/mol. The molecule has 0 aliphatic rings. The molecule has 3 aromatic rings. The van der Waals surface area contributed by atoms with Crippen molar-refractivity contribution in [1.29, 1.82) is 0 Å². The number of ether oxygens (including phenoxy) is 2. The number of carbonyl (C=O) groups is 1. The number of amides is 1. The second-order valence-electron chi connectivity index (χ2n) is 7.94. The fraction of sp³-hybridized carbons (Fsp3) is 0.269. The van der Waals surface area contributed by atoms with Gasteiger partial charge in [-0.2, -0.15) is 0 Å². The van der Waals surface area contributed by atoms with Crippen molar-refractivity contribution in [3.05, 3.63) is 82.9 Å². The molecule has 0 fully saturated rings. The van der Waals surface area contributed by atoms with Crippen molar-refractivity contribution >= 4 is 28.9 Å². The Hall–Kier alpha value is -3.18. The first-order chi connectivity index (χ1) is 15.4. The number of halogens is 1. The van der Waals surface area contributed by atoms with Crippen LogP contribution in [0.25, 0.3) is 0 Å². The van der Waals surface area contributed by atoms with Gasteiger partial charge in [-0.1, -0.05) is 55.8 Å². The third-order valence-corrected chi connectivity index (χ3v) is 5.05. The Morgan fingerprint density at radius 3 is 2.44 bits per heavy atom. The Kier molecular flexibility index (Phi) is 8.40. The quantitative estimate of drug-likeness (QED) is 0.367. The molecule has 0 aromatic heterocycles. The Balaban J connectivity index is 1.69. The molecule has 6 heteroatoms. The van der Waals surface area contributed by atoms with E-state index in [1.807, 2.05) is 80.6 Å². The molecule has 0 bridgehead atoms. The number of rotatable bonds is 10. The van der Waals surface area contributed by atoms with E-state index in [1.165, 1.54) is 0 Å². The van der Waals surface area contributed by atoms with Crippen LogP contribution in [0.1, 0.15) is 31.4 Å². The maximum atomic E-state index is 12.1. The normalized spacial score (nSPS) is 10.7. The first kappa shape index (κ1) is 23.5. The highest BCUT2D eigenvalue weighted by Crippen LogP contribution is 2.32. The maximum Gasteiger partial charge on any atom is 0.224 e. The number of hydrogen-bond donors (Lipinski definition) is 2. The van der Waals surface area contributed by atoms with Crippen molar-refractivity contribution in [1.82, 2.24) is 0 Å². The lowest BCUT2D eigenvalue weighted by atomic mass is 10.1. The number of nitrogens with one attached hydrogen (secondary N) is 2. The first-order valence-corrected chi connectivity index (χ1v) is 11.0. The zero-order chi connectivity index (χ0) is 22.9. The Labute approximate surface area is 194 Å². The second kappa shape index (κ2) is 11.4. The van der Waals surface area contributed by atoms with E-state index in [4.69, 9.17) is 21.1 Å². The van der Waals surface area contributed by atoms with Gasteiger partial charge in [-0.25, -0.2) is 0 Å². The number of benzene rings is 3. The summed E-state index contributed by atoms with van der Waals surface area (Å²) in [5.41, 5.74) is 3.65. The van der Waals surface area contributed by atoms with Crippen molar-refractivity contribution in [3.8, 4) is 11.5 Å².